The summed E-state index contributed by atoms with van der Waals surface area (Å²) in [5.41, 5.74) is 1.67. The van der Waals surface area contributed by atoms with Gasteiger partial charge in [-0.25, -0.2) is 16.8 Å². The van der Waals surface area contributed by atoms with Gasteiger partial charge in [-0.3, -0.25) is 18.0 Å². The van der Waals surface area contributed by atoms with Crippen LogP contribution >= 0.6 is 0 Å². The second kappa shape index (κ2) is 27.8. The number of rotatable bonds is 18. The van der Waals surface area contributed by atoms with Gasteiger partial charge < -0.3 is 58.4 Å². The summed E-state index contributed by atoms with van der Waals surface area (Å²) in [7, 11) is -10.4. The van der Waals surface area contributed by atoms with Gasteiger partial charge in [-0.15, -0.1) is 0 Å². The maximum atomic E-state index is 12.2. The molecule has 6 rings (SSSR count). The fourth-order valence-electron chi connectivity index (χ4n) is 6.69. The molecule has 0 spiro atoms. The molecule has 4 N–H and O–H groups in total. The molecule has 24 heteroatoms. The Balaban J connectivity index is 0.000000372. The number of hydrogen-bond donors (Lipinski definition) is 4. The zero-order chi connectivity index (χ0) is 46.3. The summed E-state index contributed by atoms with van der Waals surface area (Å²) in [6.45, 7) is 1.80. The maximum Gasteiger partial charge on any atom is 1.00 e. The van der Waals surface area contributed by atoms with Crippen LogP contribution in [-0.2, 0) is 70.9 Å². The van der Waals surface area contributed by atoms with Crippen molar-refractivity contribution in [2.75, 3.05) is 13.2 Å². The molecule has 20 nitrogen and oxygen atoms in total. The van der Waals surface area contributed by atoms with Crippen molar-refractivity contribution in [1.82, 2.24) is 10.6 Å². The number of amides is 2. The number of aliphatic hydroxyl groups excluding tert-OH is 2. The Labute approximate surface area is 427 Å². The Morgan fingerprint density at radius 3 is 1.47 bits per heavy atom. The number of hydrogen-bond acceptors (Lipinski definition) is 18. The minimum Gasteiger partial charge on any atom is -0.726 e. The quantitative estimate of drug-likeness (QED) is 0.0415. The second-order valence-corrected chi connectivity index (χ2v) is 16.3. The molecule has 2 aliphatic heterocycles. The smallest absolute Gasteiger partial charge is 0.726 e. The second-order valence-electron chi connectivity index (χ2n) is 14.3. The van der Waals surface area contributed by atoms with E-state index >= 15 is 0 Å². The van der Waals surface area contributed by atoms with Crippen LogP contribution in [0.4, 0.5) is 0 Å². The molecule has 4 aromatic rings. The molecule has 2 amide bonds. The van der Waals surface area contributed by atoms with Gasteiger partial charge in [-0.2, -0.15) is 0 Å². The summed E-state index contributed by atoms with van der Waals surface area (Å²) in [4.78, 5) is 23.6. The van der Waals surface area contributed by atoms with Crippen LogP contribution in [0.3, 0.4) is 0 Å². The standard InChI is InChI=1S/C28H31NO9S.C14H19NO9S.2Na/c1-20(30)29-25-27(35-18-22-13-7-3-8-14-22)26(38-39(31,32)33)24(19-34-17-21-11-5-2-6-12-21)37-28(25)36-23-15-9-4-10-16-23;1-8(17)15-11-12(18)13(24-25(19,20)21)10(7-16)23-14(11)22-9-5-3-2-4-6-9;;/h2-16,24-28H,17-19H2,1H3,(H,29,30)(H,31,32,33);2-6,10-14,16,18H,7H2,1H3,(H,15,17)(H,19,20,21);;/q;;2*+1/p-2/t24?,25?,26-,27-,28+;10?,11?,12-,13+,14-;;/m01../s1. The van der Waals surface area contributed by atoms with Gasteiger partial charge in [0, 0.05) is 13.8 Å². The van der Waals surface area contributed by atoms with Crippen molar-refractivity contribution < 1.29 is 142 Å². The first-order valence-electron chi connectivity index (χ1n) is 19.6. The van der Waals surface area contributed by atoms with Crippen molar-refractivity contribution in [1.29, 1.82) is 0 Å². The number of benzene rings is 4. The average Bonchev–Trinajstić information content (AvgIpc) is 3.25. The Kier molecular flexibility index (Phi) is 24.1. The summed E-state index contributed by atoms with van der Waals surface area (Å²) in [5.74, 6) is -0.205. The summed E-state index contributed by atoms with van der Waals surface area (Å²) in [5, 5.41) is 24.8. The van der Waals surface area contributed by atoms with Crippen LogP contribution in [0, 0.1) is 0 Å². The summed E-state index contributed by atoms with van der Waals surface area (Å²) in [6.07, 6.45) is -10.9. The summed E-state index contributed by atoms with van der Waals surface area (Å²) >= 11 is 0. The average molecular weight is 979 g/mol. The number of carbonyl (C=O) groups is 2. The molecule has 0 aromatic heterocycles. The van der Waals surface area contributed by atoms with Gasteiger partial charge in [0.15, 0.2) is 0 Å². The molecule has 4 aromatic carbocycles. The van der Waals surface area contributed by atoms with Crippen LogP contribution in [-0.4, -0.2) is 122 Å². The van der Waals surface area contributed by atoms with Crippen LogP contribution in [0.25, 0.3) is 0 Å². The SMILES string of the molecule is CC(=O)NC1[C@H](Oc2ccccc2)OC(CO)[C@H](OS(=O)(=O)[O-])[C@@H]1O.CC(=O)NC1[C@H](Oc2ccccc2)OC(COCc2ccccc2)[C@H](OS(=O)(=O)[O-])[C@H]1OCc1ccccc1.[Na+].[Na+]. The Hall–Kier alpha value is -3.08. The molecule has 2 fully saturated rings. The van der Waals surface area contributed by atoms with Crippen molar-refractivity contribution in [2.24, 2.45) is 0 Å². The van der Waals surface area contributed by atoms with Gasteiger partial charge in [-0.05, 0) is 35.4 Å². The molecule has 0 bridgehead atoms. The van der Waals surface area contributed by atoms with E-state index in [1.807, 2.05) is 66.7 Å². The van der Waals surface area contributed by atoms with Gasteiger partial charge >= 0.3 is 59.1 Å². The predicted molar refractivity (Wildman–Crippen MR) is 220 cm³/mol. The predicted octanol–water partition coefficient (Wildman–Crippen LogP) is -4.56. The third-order valence-corrected chi connectivity index (χ3v) is 10.3. The maximum absolute atomic E-state index is 12.2. The Morgan fingerprint density at radius 2 is 1.02 bits per heavy atom. The van der Waals surface area contributed by atoms with Gasteiger partial charge in [0.25, 0.3) is 0 Å². The van der Waals surface area contributed by atoms with Crippen LogP contribution in [0.1, 0.15) is 25.0 Å². The third kappa shape index (κ3) is 18.8. The van der Waals surface area contributed by atoms with Gasteiger partial charge in [0.05, 0.1) is 26.4 Å². The molecular weight excluding hydrogens is 931 g/mol. The number of aliphatic hydroxyl groups is 2. The number of ether oxygens (including phenoxy) is 6. The van der Waals surface area contributed by atoms with Gasteiger partial charge in [0.2, 0.25) is 45.2 Å². The first-order valence-corrected chi connectivity index (χ1v) is 22.3. The zero-order valence-corrected chi connectivity index (χ0v) is 42.0. The number of nitrogens with one attached hydrogen (secondary N) is 2. The van der Waals surface area contributed by atoms with Crippen molar-refractivity contribution in [2.45, 2.75) is 88.3 Å². The molecule has 0 aliphatic carbocycles. The first kappa shape index (κ1) is 57.2. The van der Waals surface area contributed by atoms with Gasteiger partial charge in [0.1, 0.15) is 60.2 Å². The first-order chi connectivity index (χ1) is 30.5. The summed E-state index contributed by atoms with van der Waals surface area (Å²) < 4.78 is 112. The fourth-order valence-corrected chi connectivity index (χ4v) is 7.70. The molecule has 0 radical (unpaired) electrons. The number of para-hydroxylation sites is 2. The van der Waals surface area contributed by atoms with E-state index in [-0.39, 0.29) is 78.9 Å². The topological polar surface area (TPSA) is 287 Å². The summed E-state index contributed by atoms with van der Waals surface area (Å²) in [6, 6.07) is 33.3. The minimum atomic E-state index is -5.20. The van der Waals surface area contributed by atoms with E-state index in [2.05, 4.69) is 14.8 Å². The van der Waals surface area contributed by atoms with E-state index in [0.717, 1.165) is 11.1 Å². The molecule has 66 heavy (non-hydrogen) atoms. The van der Waals surface area contributed by atoms with E-state index < -0.39 is 101 Å². The minimum absolute atomic E-state index is 0. The third-order valence-electron chi connectivity index (χ3n) is 9.37. The normalized spacial score (nSPS) is 25.0. The number of carbonyl (C=O) groups excluding carboxylic acids is 2. The Bertz CT molecular complexity index is 2280. The van der Waals surface area contributed by atoms with E-state index in [1.165, 1.54) is 13.8 Å². The Morgan fingerprint density at radius 1 is 0.606 bits per heavy atom. The van der Waals surface area contributed by atoms with Gasteiger partial charge in [-0.1, -0.05) is 97.1 Å². The van der Waals surface area contributed by atoms with Crippen LogP contribution < -0.4 is 79.2 Å². The largest absolute Gasteiger partial charge is 1.00 e. The van der Waals surface area contributed by atoms with E-state index in [0.29, 0.717) is 11.5 Å². The molecule has 2 aliphatic rings. The molecule has 2 heterocycles. The molecule has 2 saturated heterocycles. The fraction of sp³-hybridized carbons (Fsp3) is 0.381. The monoisotopic (exact) mass is 978 g/mol. The van der Waals surface area contributed by atoms with Crippen LogP contribution in [0.2, 0.25) is 0 Å². The van der Waals surface area contributed by atoms with Crippen molar-refractivity contribution in [3.05, 3.63) is 132 Å². The van der Waals surface area contributed by atoms with Crippen LogP contribution in [0.5, 0.6) is 11.5 Å². The molecule has 0 saturated carbocycles. The molecule has 348 valence electrons. The van der Waals surface area contributed by atoms with Crippen molar-refractivity contribution in [3.63, 3.8) is 0 Å². The van der Waals surface area contributed by atoms with E-state index in [4.69, 9.17) is 32.6 Å². The zero-order valence-electron chi connectivity index (χ0n) is 36.4. The van der Waals surface area contributed by atoms with Crippen LogP contribution in [0.15, 0.2) is 121 Å². The van der Waals surface area contributed by atoms with E-state index in [9.17, 15) is 45.7 Å². The molecule has 10 atom stereocenters. The van der Waals surface area contributed by atoms with Crippen molar-refractivity contribution >= 4 is 32.6 Å². The molecule has 4 unspecified atom stereocenters. The van der Waals surface area contributed by atoms with E-state index in [1.54, 1.807) is 54.6 Å². The molecular formula is C42H48N2Na2O18S2. The van der Waals surface area contributed by atoms with Crippen molar-refractivity contribution in [3.8, 4) is 11.5 Å².